The molecule has 0 aromatic heterocycles. The van der Waals surface area contributed by atoms with Crippen LogP contribution >= 0.6 is 0 Å². The van der Waals surface area contributed by atoms with Crippen LogP contribution < -0.4 is 4.90 Å². The lowest BCUT2D eigenvalue weighted by molar-refractivity contribution is 0.748. The molecule has 1 heteroatoms. The van der Waals surface area contributed by atoms with Crippen LogP contribution in [0.2, 0.25) is 0 Å². The first-order valence-electron chi connectivity index (χ1n) is 7.63. The van der Waals surface area contributed by atoms with E-state index in [-0.39, 0.29) is 0 Å². The van der Waals surface area contributed by atoms with Gasteiger partial charge in [-0.2, -0.15) is 0 Å². The van der Waals surface area contributed by atoms with E-state index in [0.29, 0.717) is 5.92 Å². The fourth-order valence-corrected chi connectivity index (χ4v) is 3.55. The van der Waals surface area contributed by atoms with Gasteiger partial charge < -0.3 is 4.90 Å². The highest BCUT2D eigenvalue weighted by Gasteiger charge is 2.27. The van der Waals surface area contributed by atoms with E-state index in [4.69, 9.17) is 0 Å². The summed E-state index contributed by atoms with van der Waals surface area (Å²) in [6.45, 7) is 4.45. The highest BCUT2D eigenvalue weighted by Crippen LogP contribution is 2.41. The third-order valence-electron chi connectivity index (χ3n) is 4.49. The molecule has 1 aliphatic rings. The van der Waals surface area contributed by atoms with Crippen molar-refractivity contribution in [3.05, 3.63) is 77.9 Å². The molecule has 0 saturated carbocycles. The Morgan fingerprint density at radius 3 is 2.52 bits per heavy atom. The predicted octanol–water partition coefficient (Wildman–Crippen LogP) is 4.96. The maximum absolute atomic E-state index is 2.52. The maximum atomic E-state index is 2.52. The highest BCUT2D eigenvalue weighted by atomic mass is 15.2. The maximum Gasteiger partial charge on any atom is 0.0429 e. The Balaban J connectivity index is 1.78. The summed E-state index contributed by atoms with van der Waals surface area (Å²) in [6, 6.07) is 24.0. The molecule has 0 saturated heterocycles. The Kier molecular flexibility index (Phi) is 2.92. The van der Waals surface area contributed by atoms with Gasteiger partial charge in [0.05, 0.1) is 0 Å². The summed E-state index contributed by atoms with van der Waals surface area (Å²) in [5.74, 6) is 0.592. The molecule has 104 valence electrons. The van der Waals surface area contributed by atoms with E-state index in [1.54, 1.807) is 0 Å². The van der Waals surface area contributed by atoms with Gasteiger partial charge in [0, 0.05) is 24.7 Å². The van der Waals surface area contributed by atoms with E-state index in [2.05, 4.69) is 78.6 Å². The smallest absolute Gasteiger partial charge is 0.0429 e. The van der Waals surface area contributed by atoms with Crippen molar-refractivity contribution in [3.8, 4) is 0 Å². The Bertz CT molecular complexity index is 776. The van der Waals surface area contributed by atoms with Crippen molar-refractivity contribution < 1.29 is 0 Å². The van der Waals surface area contributed by atoms with Crippen molar-refractivity contribution >= 4 is 16.5 Å². The van der Waals surface area contributed by atoms with Crippen LogP contribution in [0.4, 0.5) is 5.69 Å². The summed E-state index contributed by atoms with van der Waals surface area (Å²) < 4.78 is 0. The van der Waals surface area contributed by atoms with Crippen LogP contribution in [-0.4, -0.2) is 6.54 Å². The summed E-state index contributed by atoms with van der Waals surface area (Å²) in [5, 5.41) is 2.77. The lowest BCUT2D eigenvalue weighted by Gasteiger charge is -2.20. The van der Waals surface area contributed by atoms with Gasteiger partial charge in [-0.3, -0.25) is 0 Å². The quantitative estimate of drug-likeness (QED) is 0.637. The molecule has 0 spiro atoms. The van der Waals surface area contributed by atoms with Crippen LogP contribution in [0, 0.1) is 0 Å². The van der Waals surface area contributed by atoms with Crippen molar-refractivity contribution in [1.82, 2.24) is 0 Å². The molecule has 0 aliphatic carbocycles. The van der Waals surface area contributed by atoms with Crippen LogP contribution in [-0.2, 0) is 6.54 Å². The Morgan fingerprint density at radius 1 is 0.905 bits per heavy atom. The minimum Gasteiger partial charge on any atom is -0.366 e. The van der Waals surface area contributed by atoms with Crippen molar-refractivity contribution in [2.24, 2.45) is 0 Å². The minimum absolute atomic E-state index is 0.592. The SMILES string of the molecule is CC1CN(Cc2ccccc2)c2ccc3ccccc3c21. The molecular weight excluding hydrogens is 254 g/mol. The lowest BCUT2D eigenvalue weighted by Crippen LogP contribution is -2.20. The third kappa shape index (κ3) is 2.09. The number of fused-ring (bicyclic) bond motifs is 3. The lowest BCUT2D eigenvalue weighted by atomic mass is 9.96. The van der Waals surface area contributed by atoms with Gasteiger partial charge >= 0.3 is 0 Å². The molecule has 0 bridgehead atoms. The molecule has 3 aromatic carbocycles. The van der Waals surface area contributed by atoms with Gasteiger partial charge in [0.15, 0.2) is 0 Å². The molecule has 0 amide bonds. The van der Waals surface area contributed by atoms with Crippen molar-refractivity contribution in [2.45, 2.75) is 19.4 Å². The number of benzene rings is 3. The average molecular weight is 273 g/mol. The molecular formula is C20H19N. The molecule has 0 fully saturated rings. The monoisotopic (exact) mass is 273 g/mol. The molecule has 3 aromatic rings. The number of anilines is 1. The zero-order valence-corrected chi connectivity index (χ0v) is 12.3. The first-order valence-corrected chi connectivity index (χ1v) is 7.63. The van der Waals surface area contributed by atoms with Crippen molar-refractivity contribution in [3.63, 3.8) is 0 Å². The summed E-state index contributed by atoms with van der Waals surface area (Å²) in [4.78, 5) is 2.52. The summed E-state index contributed by atoms with van der Waals surface area (Å²) in [7, 11) is 0. The number of hydrogen-bond acceptors (Lipinski definition) is 1. The molecule has 21 heavy (non-hydrogen) atoms. The van der Waals surface area contributed by atoms with E-state index in [1.807, 2.05) is 0 Å². The Morgan fingerprint density at radius 2 is 1.67 bits per heavy atom. The van der Waals surface area contributed by atoms with Crippen molar-refractivity contribution in [1.29, 1.82) is 0 Å². The third-order valence-corrected chi connectivity index (χ3v) is 4.49. The van der Waals surface area contributed by atoms with Crippen LogP contribution in [0.25, 0.3) is 10.8 Å². The van der Waals surface area contributed by atoms with E-state index < -0.39 is 0 Å². The molecule has 1 heterocycles. The highest BCUT2D eigenvalue weighted by molar-refractivity contribution is 5.92. The summed E-state index contributed by atoms with van der Waals surface area (Å²) in [6.07, 6.45) is 0. The Hall–Kier alpha value is -2.28. The second-order valence-corrected chi connectivity index (χ2v) is 5.99. The van der Waals surface area contributed by atoms with Crippen LogP contribution in [0.3, 0.4) is 0 Å². The first kappa shape index (κ1) is 12.5. The van der Waals surface area contributed by atoms with E-state index in [9.17, 15) is 0 Å². The predicted molar refractivity (Wildman–Crippen MR) is 89.9 cm³/mol. The fourth-order valence-electron chi connectivity index (χ4n) is 3.55. The number of rotatable bonds is 2. The number of hydrogen-bond donors (Lipinski definition) is 0. The molecule has 0 radical (unpaired) electrons. The van der Waals surface area contributed by atoms with E-state index in [0.717, 1.165) is 13.1 Å². The van der Waals surface area contributed by atoms with Crippen LogP contribution in [0.15, 0.2) is 66.7 Å². The van der Waals surface area contributed by atoms with Gasteiger partial charge in [-0.1, -0.05) is 67.6 Å². The molecule has 0 N–H and O–H groups in total. The normalized spacial score (nSPS) is 17.2. The molecule has 1 nitrogen and oxygen atoms in total. The van der Waals surface area contributed by atoms with Gasteiger partial charge in [-0.15, -0.1) is 0 Å². The Labute approximate surface area is 125 Å². The largest absolute Gasteiger partial charge is 0.366 e. The first-order chi connectivity index (χ1) is 10.3. The summed E-state index contributed by atoms with van der Waals surface area (Å²) in [5.41, 5.74) is 4.31. The topological polar surface area (TPSA) is 3.24 Å². The average Bonchev–Trinajstić information content (AvgIpc) is 2.85. The molecule has 4 rings (SSSR count). The van der Waals surface area contributed by atoms with E-state index >= 15 is 0 Å². The van der Waals surface area contributed by atoms with Gasteiger partial charge in [0.25, 0.3) is 0 Å². The van der Waals surface area contributed by atoms with Crippen molar-refractivity contribution in [2.75, 3.05) is 11.4 Å². The standard InChI is InChI=1S/C20H19N/c1-15-13-21(14-16-7-3-2-4-8-16)19-12-11-17-9-5-6-10-18(17)20(15)19/h2-12,15H,13-14H2,1H3. The van der Waals surface area contributed by atoms with Gasteiger partial charge in [-0.05, 0) is 28.0 Å². The second-order valence-electron chi connectivity index (χ2n) is 5.99. The zero-order valence-electron chi connectivity index (χ0n) is 12.3. The zero-order chi connectivity index (χ0) is 14.2. The molecule has 1 unspecified atom stereocenters. The van der Waals surface area contributed by atoms with E-state index in [1.165, 1.54) is 27.6 Å². The fraction of sp³-hybridized carbons (Fsp3) is 0.200. The van der Waals surface area contributed by atoms with Crippen LogP contribution in [0.1, 0.15) is 24.0 Å². The molecule has 1 atom stereocenters. The molecule has 1 aliphatic heterocycles. The van der Waals surface area contributed by atoms with Gasteiger partial charge in [0.1, 0.15) is 0 Å². The number of nitrogens with zero attached hydrogens (tertiary/aromatic N) is 1. The van der Waals surface area contributed by atoms with Gasteiger partial charge in [0.2, 0.25) is 0 Å². The second kappa shape index (κ2) is 4.92. The van der Waals surface area contributed by atoms with Gasteiger partial charge in [-0.25, -0.2) is 0 Å². The summed E-state index contributed by atoms with van der Waals surface area (Å²) >= 11 is 0. The minimum atomic E-state index is 0.592. The van der Waals surface area contributed by atoms with Crippen LogP contribution in [0.5, 0.6) is 0 Å².